The Kier molecular flexibility index (Phi) is 4.22. The fourth-order valence-corrected chi connectivity index (χ4v) is 3.83. The fourth-order valence-electron chi connectivity index (χ4n) is 3.83. The summed E-state index contributed by atoms with van der Waals surface area (Å²) in [6, 6.07) is 4.65. The molecule has 2 N–H and O–H groups in total. The first-order valence-electron chi connectivity index (χ1n) is 8.35. The quantitative estimate of drug-likeness (QED) is 0.920. The first-order chi connectivity index (χ1) is 10.1. The zero-order chi connectivity index (χ0) is 14.8. The molecule has 1 unspecified atom stereocenters. The highest BCUT2D eigenvalue weighted by molar-refractivity contribution is 5.55. The molecule has 21 heavy (non-hydrogen) atoms. The Hall–Kier alpha value is -1.45. The van der Waals surface area contributed by atoms with Crippen LogP contribution in [0.25, 0.3) is 0 Å². The minimum absolute atomic E-state index is 0.0965. The number of pyridine rings is 1. The van der Waals surface area contributed by atoms with Crippen LogP contribution < -0.4 is 15.4 Å². The third-order valence-electron chi connectivity index (χ3n) is 4.76. The first kappa shape index (κ1) is 14.5. The molecule has 1 aliphatic carbocycles. The van der Waals surface area contributed by atoms with Crippen LogP contribution in [0.2, 0.25) is 0 Å². The molecule has 2 fully saturated rings. The van der Waals surface area contributed by atoms with Gasteiger partial charge in [-0.1, -0.05) is 12.8 Å². The second kappa shape index (κ2) is 6.12. The summed E-state index contributed by atoms with van der Waals surface area (Å²) in [6.45, 7) is 5.12. The maximum absolute atomic E-state index is 5.99. The molecule has 1 atom stereocenters. The summed E-state index contributed by atoms with van der Waals surface area (Å²) in [5, 5.41) is 0. The monoisotopic (exact) mass is 289 g/mol. The van der Waals surface area contributed by atoms with E-state index < -0.39 is 0 Å². The highest BCUT2D eigenvalue weighted by Crippen LogP contribution is 2.38. The molecule has 0 amide bonds. The van der Waals surface area contributed by atoms with Crippen molar-refractivity contribution in [1.29, 1.82) is 0 Å². The Balaban J connectivity index is 1.81. The molecule has 116 valence electrons. The SMILES string of the molecule is CC(C)Oc1nc(N2CCCC2C2CCCC2)ccc1N. The Morgan fingerprint density at radius 2 is 1.95 bits per heavy atom. The lowest BCUT2D eigenvalue weighted by molar-refractivity contribution is 0.234. The predicted octanol–water partition coefficient (Wildman–Crippen LogP) is 3.61. The first-order valence-corrected chi connectivity index (χ1v) is 8.35. The van der Waals surface area contributed by atoms with Crippen LogP contribution in [-0.4, -0.2) is 23.7 Å². The molecule has 4 heteroatoms. The molecule has 1 saturated heterocycles. The van der Waals surface area contributed by atoms with E-state index >= 15 is 0 Å². The van der Waals surface area contributed by atoms with Crippen LogP contribution in [0.3, 0.4) is 0 Å². The van der Waals surface area contributed by atoms with Crippen molar-refractivity contribution in [3.8, 4) is 5.88 Å². The number of anilines is 2. The predicted molar refractivity (Wildman–Crippen MR) is 86.7 cm³/mol. The smallest absolute Gasteiger partial charge is 0.239 e. The van der Waals surface area contributed by atoms with Crippen LogP contribution >= 0.6 is 0 Å². The van der Waals surface area contributed by atoms with Gasteiger partial charge >= 0.3 is 0 Å². The Labute approximate surface area is 127 Å². The zero-order valence-corrected chi connectivity index (χ0v) is 13.2. The van der Waals surface area contributed by atoms with E-state index in [9.17, 15) is 0 Å². The third kappa shape index (κ3) is 3.09. The number of ether oxygens (including phenoxy) is 1. The largest absolute Gasteiger partial charge is 0.473 e. The number of nitrogens with zero attached hydrogens (tertiary/aromatic N) is 2. The van der Waals surface area contributed by atoms with Gasteiger partial charge in [0.2, 0.25) is 5.88 Å². The Bertz CT molecular complexity index is 483. The molecule has 2 heterocycles. The maximum atomic E-state index is 5.99. The summed E-state index contributed by atoms with van der Waals surface area (Å²) in [7, 11) is 0. The lowest BCUT2D eigenvalue weighted by Crippen LogP contribution is -2.35. The summed E-state index contributed by atoms with van der Waals surface area (Å²) in [5.41, 5.74) is 6.62. The van der Waals surface area contributed by atoms with Gasteiger partial charge in [-0.25, -0.2) is 0 Å². The van der Waals surface area contributed by atoms with E-state index in [1.165, 1.54) is 38.5 Å². The molecule has 0 radical (unpaired) electrons. The maximum Gasteiger partial charge on any atom is 0.239 e. The molecule has 4 nitrogen and oxygen atoms in total. The second-order valence-corrected chi connectivity index (χ2v) is 6.68. The van der Waals surface area contributed by atoms with Crippen molar-refractivity contribution < 1.29 is 4.74 Å². The summed E-state index contributed by atoms with van der Waals surface area (Å²) in [4.78, 5) is 7.18. The average Bonchev–Trinajstić information content (AvgIpc) is 3.09. The molecular weight excluding hydrogens is 262 g/mol. The van der Waals surface area contributed by atoms with Gasteiger partial charge in [0.25, 0.3) is 0 Å². The number of nitrogens with two attached hydrogens (primary N) is 1. The van der Waals surface area contributed by atoms with Crippen LogP contribution in [0.1, 0.15) is 52.4 Å². The number of rotatable bonds is 4. The molecule has 2 aliphatic rings. The number of hydrogen-bond donors (Lipinski definition) is 1. The minimum Gasteiger partial charge on any atom is -0.473 e. The van der Waals surface area contributed by atoms with Gasteiger partial charge in [-0.15, -0.1) is 0 Å². The van der Waals surface area contributed by atoms with E-state index in [0.29, 0.717) is 17.6 Å². The molecule has 1 aliphatic heterocycles. The normalized spacial score (nSPS) is 23.2. The van der Waals surface area contributed by atoms with Gasteiger partial charge in [-0.2, -0.15) is 4.98 Å². The van der Waals surface area contributed by atoms with Crippen LogP contribution in [0.5, 0.6) is 5.88 Å². The van der Waals surface area contributed by atoms with Gasteiger partial charge in [-0.05, 0) is 57.6 Å². The zero-order valence-electron chi connectivity index (χ0n) is 13.2. The summed E-state index contributed by atoms with van der Waals surface area (Å²) in [5.74, 6) is 2.47. The van der Waals surface area contributed by atoms with Crippen LogP contribution in [0.4, 0.5) is 11.5 Å². The van der Waals surface area contributed by atoms with Gasteiger partial charge in [0, 0.05) is 12.6 Å². The van der Waals surface area contributed by atoms with Crippen molar-refractivity contribution in [2.24, 2.45) is 5.92 Å². The van der Waals surface area contributed by atoms with Crippen LogP contribution in [-0.2, 0) is 0 Å². The van der Waals surface area contributed by atoms with Crippen LogP contribution in [0, 0.1) is 5.92 Å². The molecule has 1 saturated carbocycles. The van der Waals surface area contributed by atoms with E-state index in [1.54, 1.807) is 0 Å². The standard InChI is InChI=1S/C17H27N3O/c1-12(2)21-17-14(18)9-10-16(19-17)20-11-5-8-15(20)13-6-3-4-7-13/h9-10,12-13,15H,3-8,11,18H2,1-2H3. The molecule has 1 aromatic heterocycles. The molecule has 0 aromatic carbocycles. The molecule has 0 spiro atoms. The Morgan fingerprint density at radius 1 is 1.19 bits per heavy atom. The topological polar surface area (TPSA) is 51.4 Å². The van der Waals surface area contributed by atoms with E-state index in [2.05, 4.69) is 11.0 Å². The van der Waals surface area contributed by atoms with Crippen molar-refractivity contribution in [1.82, 2.24) is 4.98 Å². The summed E-state index contributed by atoms with van der Waals surface area (Å²) in [6.07, 6.45) is 8.22. The molecule has 1 aromatic rings. The van der Waals surface area contributed by atoms with Gasteiger partial charge in [-0.3, -0.25) is 0 Å². The van der Waals surface area contributed by atoms with E-state index in [-0.39, 0.29) is 6.10 Å². The summed E-state index contributed by atoms with van der Waals surface area (Å²) < 4.78 is 5.74. The van der Waals surface area contributed by atoms with Crippen LogP contribution in [0.15, 0.2) is 12.1 Å². The van der Waals surface area contributed by atoms with Crippen molar-refractivity contribution in [3.05, 3.63) is 12.1 Å². The van der Waals surface area contributed by atoms with Crippen molar-refractivity contribution >= 4 is 11.5 Å². The van der Waals surface area contributed by atoms with Gasteiger partial charge in [0.15, 0.2) is 0 Å². The molecule has 3 rings (SSSR count). The highest BCUT2D eigenvalue weighted by Gasteiger charge is 2.34. The molecule has 0 bridgehead atoms. The lowest BCUT2D eigenvalue weighted by Gasteiger charge is -2.30. The summed E-state index contributed by atoms with van der Waals surface area (Å²) >= 11 is 0. The van der Waals surface area contributed by atoms with E-state index in [1.807, 2.05) is 19.9 Å². The Morgan fingerprint density at radius 3 is 2.67 bits per heavy atom. The van der Waals surface area contributed by atoms with E-state index in [0.717, 1.165) is 18.3 Å². The third-order valence-corrected chi connectivity index (χ3v) is 4.76. The second-order valence-electron chi connectivity index (χ2n) is 6.68. The fraction of sp³-hybridized carbons (Fsp3) is 0.706. The van der Waals surface area contributed by atoms with Gasteiger partial charge in [0.05, 0.1) is 11.8 Å². The number of aromatic nitrogens is 1. The van der Waals surface area contributed by atoms with Crippen molar-refractivity contribution in [2.75, 3.05) is 17.2 Å². The van der Waals surface area contributed by atoms with Crippen molar-refractivity contribution in [2.45, 2.75) is 64.5 Å². The average molecular weight is 289 g/mol. The van der Waals surface area contributed by atoms with Gasteiger partial charge < -0.3 is 15.4 Å². The number of hydrogen-bond acceptors (Lipinski definition) is 4. The number of nitrogen functional groups attached to an aromatic ring is 1. The van der Waals surface area contributed by atoms with Gasteiger partial charge in [0.1, 0.15) is 5.82 Å². The molecular formula is C17H27N3O. The van der Waals surface area contributed by atoms with E-state index in [4.69, 9.17) is 15.5 Å². The van der Waals surface area contributed by atoms with Crippen molar-refractivity contribution in [3.63, 3.8) is 0 Å². The minimum atomic E-state index is 0.0965. The highest BCUT2D eigenvalue weighted by atomic mass is 16.5. The lowest BCUT2D eigenvalue weighted by atomic mass is 9.96.